The molecule has 0 aliphatic carbocycles. The van der Waals surface area contributed by atoms with Gasteiger partial charge in [0, 0.05) is 0 Å². The van der Waals surface area contributed by atoms with E-state index in [4.69, 9.17) is 0 Å². The Kier molecular flexibility index (Phi) is 21.6. The molecule has 5 nitrogen and oxygen atoms in total. The van der Waals surface area contributed by atoms with Crippen molar-refractivity contribution < 1.29 is 22.1 Å². The standard InChI is InChI=1S/C24H45N.C2H6O4S/c1-24(2)20-16-14-12-10-8-6-4-3-5-7-9-11-13-15-17-21-25-22-18-19-23-25;1-2-6-7(3,4)5/h18-19,22-24H,3-17,20-21H2,1-2H3;2H2,1H3,(H,3,4,5). The molecule has 1 rings (SSSR count). The Morgan fingerprint density at radius 3 is 1.41 bits per heavy atom. The predicted molar refractivity (Wildman–Crippen MR) is 134 cm³/mol. The molecule has 0 spiro atoms. The van der Waals surface area contributed by atoms with Crippen molar-refractivity contribution in [3.63, 3.8) is 0 Å². The van der Waals surface area contributed by atoms with Gasteiger partial charge in [-0.3, -0.25) is 9.08 Å². The molecule has 32 heavy (non-hydrogen) atoms. The quantitative estimate of drug-likeness (QED) is 0.128. The lowest BCUT2D eigenvalue weighted by Crippen LogP contribution is -3.01. The molecule has 190 valence electrons. The number of unbranched alkanes of at least 4 members (excludes halogenated alkanes) is 14. The Balaban J connectivity index is 0.00000118. The first-order valence-electron chi connectivity index (χ1n) is 13.2. The maximum atomic E-state index is 9.45. The van der Waals surface area contributed by atoms with Crippen LogP contribution < -0.4 is 4.90 Å². The van der Waals surface area contributed by atoms with Gasteiger partial charge in [-0.25, -0.2) is 8.42 Å². The second-order valence-corrected chi connectivity index (χ2v) is 10.4. The van der Waals surface area contributed by atoms with Gasteiger partial charge in [0.1, 0.15) is 0 Å². The minimum atomic E-state index is -4.42. The van der Waals surface area contributed by atoms with Crippen molar-refractivity contribution in [3.05, 3.63) is 24.6 Å². The molecule has 1 N–H and O–H groups in total. The molecular weight excluding hydrogens is 422 g/mol. The Hall–Kier alpha value is -0.690. The van der Waals surface area contributed by atoms with Gasteiger partial charge >= 0.3 is 0 Å². The Labute approximate surface area is 199 Å². The number of allylic oxidation sites excluding steroid dienone is 2. The van der Waals surface area contributed by atoms with Gasteiger partial charge in [-0.05, 0) is 37.8 Å². The summed E-state index contributed by atoms with van der Waals surface area (Å²) in [7, 11) is -4.42. The van der Waals surface area contributed by atoms with Crippen LogP contribution in [0.3, 0.4) is 0 Å². The zero-order valence-electron chi connectivity index (χ0n) is 21.2. The monoisotopic (exact) mass is 473 g/mol. The van der Waals surface area contributed by atoms with Gasteiger partial charge in [0.15, 0.2) is 0 Å². The minimum absolute atomic E-state index is 0.0914. The van der Waals surface area contributed by atoms with E-state index >= 15 is 0 Å². The fraction of sp³-hybridized carbons (Fsp3) is 0.846. The molecule has 0 atom stereocenters. The van der Waals surface area contributed by atoms with Crippen LogP contribution in [0.1, 0.15) is 124 Å². The van der Waals surface area contributed by atoms with E-state index in [2.05, 4.69) is 42.6 Å². The highest BCUT2D eigenvalue weighted by Crippen LogP contribution is 2.14. The van der Waals surface area contributed by atoms with Gasteiger partial charge in [-0.1, -0.05) is 104 Å². The summed E-state index contributed by atoms with van der Waals surface area (Å²) in [4.78, 5) is 1.52. The molecule has 6 heteroatoms. The summed E-state index contributed by atoms with van der Waals surface area (Å²) in [6, 6.07) is 0. The molecule has 0 radical (unpaired) electrons. The smallest absolute Gasteiger partial charge is 0.217 e. The zero-order chi connectivity index (χ0) is 23.9. The van der Waals surface area contributed by atoms with E-state index in [9.17, 15) is 13.0 Å². The normalized spacial score (nSPS) is 13.7. The van der Waals surface area contributed by atoms with Gasteiger partial charge in [-0.2, -0.15) is 0 Å². The highest BCUT2D eigenvalue weighted by atomic mass is 32.3. The van der Waals surface area contributed by atoms with Crippen molar-refractivity contribution in [2.45, 2.75) is 124 Å². The SMILES string of the molecule is CC(C)CCCCCCCCCCCCCCCCC[NH+]1C=CC=C1.CCOS(=O)(=O)[O-]. The summed E-state index contributed by atoms with van der Waals surface area (Å²) in [6.07, 6.45) is 32.1. The highest BCUT2D eigenvalue weighted by molar-refractivity contribution is 7.80. The first-order valence-corrected chi connectivity index (χ1v) is 14.5. The van der Waals surface area contributed by atoms with Gasteiger partial charge in [-0.15, -0.1) is 0 Å². The number of rotatable bonds is 20. The van der Waals surface area contributed by atoms with Gasteiger partial charge in [0.25, 0.3) is 0 Å². The van der Waals surface area contributed by atoms with Crippen molar-refractivity contribution in [3.8, 4) is 0 Å². The van der Waals surface area contributed by atoms with Crippen LogP contribution in [0.25, 0.3) is 0 Å². The van der Waals surface area contributed by atoms with Crippen LogP contribution in [0.2, 0.25) is 0 Å². The van der Waals surface area contributed by atoms with Crippen molar-refractivity contribution in [1.29, 1.82) is 0 Å². The molecule has 0 unspecified atom stereocenters. The summed E-state index contributed by atoms with van der Waals surface area (Å²) in [6.45, 7) is 7.30. The van der Waals surface area contributed by atoms with Crippen LogP contribution >= 0.6 is 0 Å². The Morgan fingerprint density at radius 2 is 1.09 bits per heavy atom. The molecule has 1 aliphatic rings. The second-order valence-electron chi connectivity index (χ2n) is 9.34. The zero-order valence-corrected chi connectivity index (χ0v) is 22.0. The third-order valence-corrected chi connectivity index (χ3v) is 6.27. The predicted octanol–water partition coefficient (Wildman–Crippen LogP) is 6.29. The van der Waals surface area contributed by atoms with Gasteiger partial charge in [0.2, 0.25) is 10.4 Å². The topological polar surface area (TPSA) is 70.9 Å². The van der Waals surface area contributed by atoms with E-state index in [1.807, 2.05) is 0 Å². The Bertz CT molecular complexity index is 546. The van der Waals surface area contributed by atoms with E-state index in [1.165, 1.54) is 121 Å². The van der Waals surface area contributed by atoms with E-state index in [0.29, 0.717) is 0 Å². The molecule has 0 amide bonds. The minimum Gasteiger partial charge on any atom is -0.726 e. The summed E-state index contributed by atoms with van der Waals surface area (Å²) >= 11 is 0. The third-order valence-electron chi connectivity index (χ3n) is 5.74. The number of nitrogens with one attached hydrogen (secondary N) is 1. The molecule has 0 aromatic heterocycles. The average Bonchev–Trinajstić information content (AvgIpc) is 3.23. The molecule has 1 heterocycles. The largest absolute Gasteiger partial charge is 0.726 e. The maximum absolute atomic E-state index is 9.45. The number of hydrogen-bond acceptors (Lipinski definition) is 4. The molecule has 0 fully saturated rings. The van der Waals surface area contributed by atoms with Gasteiger partial charge in [0.05, 0.1) is 25.6 Å². The van der Waals surface area contributed by atoms with Crippen molar-refractivity contribution in [2.24, 2.45) is 5.92 Å². The summed E-state index contributed by atoms with van der Waals surface area (Å²) in [5.41, 5.74) is 0. The van der Waals surface area contributed by atoms with Gasteiger partial charge < -0.3 is 4.55 Å². The molecular formula is C26H51NO4S. The van der Waals surface area contributed by atoms with Crippen LogP contribution in [-0.4, -0.2) is 26.1 Å². The molecule has 1 aliphatic heterocycles. The maximum Gasteiger partial charge on any atom is 0.217 e. The molecule has 0 saturated carbocycles. The van der Waals surface area contributed by atoms with Crippen LogP contribution in [0.5, 0.6) is 0 Å². The van der Waals surface area contributed by atoms with Crippen LogP contribution in [0.4, 0.5) is 0 Å². The van der Waals surface area contributed by atoms with E-state index in [1.54, 1.807) is 0 Å². The van der Waals surface area contributed by atoms with E-state index in [-0.39, 0.29) is 6.61 Å². The lowest BCUT2D eigenvalue weighted by molar-refractivity contribution is -0.787. The Morgan fingerprint density at radius 1 is 0.719 bits per heavy atom. The molecule has 0 aromatic rings. The van der Waals surface area contributed by atoms with Crippen LogP contribution in [0, 0.1) is 5.92 Å². The summed E-state index contributed by atoms with van der Waals surface area (Å²) in [5.74, 6) is 0.894. The van der Waals surface area contributed by atoms with Crippen LogP contribution in [0.15, 0.2) is 24.6 Å². The van der Waals surface area contributed by atoms with Crippen molar-refractivity contribution in [2.75, 3.05) is 13.2 Å². The first-order chi connectivity index (χ1) is 15.3. The highest BCUT2D eigenvalue weighted by Gasteiger charge is 2.03. The van der Waals surface area contributed by atoms with E-state index in [0.717, 1.165) is 5.92 Å². The lowest BCUT2D eigenvalue weighted by atomic mass is 10.0. The van der Waals surface area contributed by atoms with Crippen LogP contribution in [-0.2, 0) is 14.6 Å². The average molecular weight is 474 g/mol. The van der Waals surface area contributed by atoms with E-state index < -0.39 is 10.4 Å². The number of quaternary nitrogens is 1. The summed E-state index contributed by atoms with van der Waals surface area (Å²) in [5, 5.41) is 0. The molecule has 0 bridgehead atoms. The second kappa shape index (κ2) is 22.1. The van der Waals surface area contributed by atoms with Crippen molar-refractivity contribution >= 4 is 10.4 Å². The molecule has 0 saturated heterocycles. The first kappa shape index (κ1) is 31.3. The molecule has 0 aromatic carbocycles. The lowest BCUT2D eigenvalue weighted by Gasteiger charge is -2.06. The fourth-order valence-corrected chi connectivity index (χ4v) is 4.19. The fourth-order valence-electron chi connectivity index (χ4n) is 3.90. The van der Waals surface area contributed by atoms with Crippen molar-refractivity contribution in [1.82, 2.24) is 0 Å². The third kappa shape index (κ3) is 25.6. The number of hydrogen-bond donors (Lipinski definition) is 1. The summed E-state index contributed by atoms with van der Waals surface area (Å²) < 4.78 is 32.0.